The molecule has 41 heavy (non-hydrogen) atoms. The van der Waals surface area contributed by atoms with Crippen LogP contribution < -0.4 is 0 Å². The molecule has 2 N–H and O–H groups in total. The van der Waals surface area contributed by atoms with Crippen molar-refractivity contribution in [1.82, 2.24) is 4.57 Å². The van der Waals surface area contributed by atoms with Crippen molar-refractivity contribution in [2.24, 2.45) is 40.4 Å². The number of hydrogen-bond acceptors (Lipinski definition) is 6. The summed E-state index contributed by atoms with van der Waals surface area (Å²) in [5.74, 6) is -0.168. The third kappa shape index (κ3) is 3.68. The van der Waals surface area contributed by atoms with Gasteiger partial charge in [0.1, 0.15) is 11.7 Å². The molecule has 6 aliphatic rings. The predicted molar refractivity (Wildman–Crippen MR) is 154 cm³/mol. The molecule has 7 heteroatoms. The summed E-state index contributed by atoms with van der Waals surface area (Å²) in [5, 5.41) is 25.7. The summed E-state index contributed by atoms with van der Waals surface area (Å²) < 4.78 is 21.3. The molecule has 1 aliphatic heterocycles. The van der Waals surface area contributed by atoms with Gasteiger partial charge in [-0.2, -0.15) is 0 Å². The quantitative estimate of drug-likeness (QED) is 0.390. The molecule has 2 heterocycles. The van der Waals surface area contributed by atoms with Gasteiger partial charge in [-0.3, -0.25) is 0 Å². The fourth-order valence-corrected chi connectivity index (χ4v) is 9.68. The summed E-state index contributed by atoms with van der Waals surface area (Å²) in [6, 6.07) is 0. The zero-order valence-corrected chi connectivity index (χ0v) is 25.9. The molecule has 1 spiro atoms. The Morgan fingerprint density at radius 2 is 1.88 bits per heavy atom. The maximum atomic E-state index is 14.0. The minimum absolute atomic E-state index is 0.0640. The van der Waals surface area contributed by atoms with Crippen LogP contribution in [0.2, 0.25) is 0 Å². The largest absolute Gasteiger partial charge is 0.451 e. The van der Waals surface area contributed by atoms with Crippen molar-refractivity contribution in [1.29, 1.82) is 0 Å². The Morgan fingerprint density at radius 3 is 2.56 bits per heavy atom. The summed E-state index contributed by atoms with van der Waals surface area (Å²) in [6.07, 6.45) is 6.96. The topological polar surface area (TPSA) is 90.2 Å². The summed E-state index contributed by atoms with van der Waals surface area (Å²) in [5.41, 5.74) is 1.30. The van der Waals surface area contributed by atoms with E-state index in [0.717, 1.165) is 35.4 Å². The summed E-state index contributed by atoms with van der Waals surface area (Å²) in [4.78, 5) is 14.0. The average molecular weight is 566 g/mol. The van der Waals surface area contributed by atoms with E-state index in [0.29, 0.717) is 29.9 Å². The van der Waals surface area contributed by atoms with Crippen LogP contribution in [0, 0.1) is 54.3 Å². The van der Waals surface area contributed by atoms with Crippen LogP contribution in [0.25, 0.3) is 0 Å². The lowest BCUT2D eigenvalue weighted by Crippen LogP contribution is -2.69. The first-order valence-corrected chi connectivity index (χ1v) is 15.6. The average Bonchev–Trinajstić information content (AvgIpc) is 3.75. The Balaban J connectivity index is 1.33. The van der Waals surface area contributed by atoms with Crippen LogP contribution in [0.3, 0.4) is 0 Å². The Kier molecular flexibility index (Phi) is 5.84. The minimum Gasteiger partial charge on any atom is -0.451 e. The van der Waals surface area contributed by atoms with Gasteiger partial charge in [0.2, 0.25) is 0 Å². The van der Waals surface area contributed by atoms with Crippen molar-refractivity contribution in [3.8, 4) is 0 Å². The predicted octanol–water partition coefficient (Wildman–Crippen LogP) is 5.10. The van der Waals surface area contributed by atoms with Gasteiger partial charge in [-0.15, -0.1) is 0 Å². The van der Waals surface area contributed by atoms with Crippen LogP contribution in [-0.4, -0.2) is 57.1 Å². The first kappa shape index (κ1) is 27.9. The number of aryl methyl sites for hydroxylation is 1. The Hall–Kier alpha value is -1.93. The zero-order valence-electron chi connectivity index (χ0n) is 25.9. The third-order valence-corrected chi connectivity index (χ3v) is 12.1. The van der Waals surface area contributed by atoms with Gasteiger partial charge in [-0.05, 0) is 99.7 Å². The second kappa shape index (κ2) is 8.58. The van der Waals surface area contributed by atoms with E-state index in [1.165, 1.54) is 12.8 Å². The molecule has 0 radical (unpaired) electrons. The highest BCUT2D eigenvalue weighted by atomic mass is 16.7. The van der Waals surface area contributed by atoms with Gasteiger partial charge in [0, 0.05) is 24.4 Å². The van der Waals surface area contributed by atoms with Gasteiger partial charge in [-0.25, -0.2) is 4.79 Å². The Bertz CT molecular complexity index is 1370. The van der Waals surface area contributed by atoms with Crippen molar-refractivity contribution in [3.05, 3.63) is 46.3 Å². The smallest absolute Gasteiger partial charge is 0.340 e. The fourth-order valence-electron chi connectivity index (χ4n) is 9.68. The number of aromatic nitrogens is 1. The molecule has 2 bridgehead atoms. The molecule has 7 rings (SSSR count). The summed E-state index contributed by atoms with van der Waals surface area (Å²) in [6.45, 7) is 17.5. The molecular weight excluding hydrogens is 518 g/mol. The lowest BCUT2D eigenvalue weighted by molar-refractivity contribution is -0.312. The number of rotatable bonds is 4. The molecule has 1 aromatic heterocycles. The lowest BCUT2D eigenvalue weighted by atomic mass is 9.58. The standard InChI is InChI=1S/C34H47NO6/c1-17-13-33-19(3)11-24-26(31(24,5)6)23(27(33)36)12-22-16-39-32(7,8)41-29(22)34(33,38)28(17)40-30(37)25-18(2)14-35(20(25)4)15-21-9-10-21/h12-14,19,21,23-24,26-29,36,38H,9-11,15-16H2,1-8H3/t19-,23+,24-,26+,27?,28+,29-,33+,34-/m1/s1. The van der Waals surface area contributed by atoms with Crippen molar-refractivity contribution in [2.75, 3.05) is 6.61 Å². The number of nitrogens with zero attached hydrogens (tertiary/aromatic N) is 1. The van der Waals surface area contributed by atoms with E-state index in [4.69, 9.17) is 14.2 Å². The highest BCUT2D eigenvalue weighted by molar-refractivity contribution is 5.93. The monoisotopic (exact) mass is 565 g/mol. The van der Waals surface area contributed by atoms with Gasteiger partial charge in [0.05, 0.1) is 23.7 Å². The number of hydrogen-bond donors (Lipinski definition) is 2. The molecule has 4 fully saturated rings. The number of carbonyl (C=O) groups excluding carboxylic acids is 1. The third-order valence-electron chi connectivity index (χ3n) is 12.1. The van der Waals surface area contributed by atoms with E-state index in [-0.39, 0.29) is 17.3 Å². The first-order chi connectivity index (χ1) is 19.1. The van der Waals surface area contributed by atoms with Gasteiger partial charge < -0.3 is 29.0 Å². The van der Waals surface area contributed by atoms with E-state index in [9.17, 15) is 15.0 Å². The number of carbonyl (C=O) groups is 1. The van der Waals surface area contributed by atoms with Gasteiger partial charge in [-0.1, -0.05) is 32.9 Å². The van der Waals surface area contributed by atoms with Crippen LogP contribution in [0.15, 0.2) is 29.5 Å². The molecule has 1 saturated heterocycles. The molecular formula is C34H47NO6. The van der Waals surface area contributed by atoms with Crippen LogP contribution in [-0.2, 0) is 20.8 Å². The van der Waals surface area contributed by atoms with Crippen molar-refractivity contribution < 1.29 is 29.2 Å². The van der Waals surface area contributed by atoms with E-state index < -0.39 is 41.1 Å². The molecule has 5 aliphatic carbocycles. The molecule has 7 nitrogen and oxygen atoms in total. The second-order valence-corrected chi connectivity index (χ2v) is 15.3. The molecule has 1 aromatic rings. The molecule has 1 unspecified atom stereocenters. The number of aliphatic hydroxyl groups is 2. The van der Waals surface area contributed by atoms with Crippen LogP contribution in [0.4, 0.5) is 0 Å². The van der Waals surface area contributed by atoms with Crippen LogP contribution in [0.5, 0.6) is 0 Å². The number of fused-ring (bicyclic) bond motifs is 5. The van der Waals surface area contributed by atoms with Crippen LogP contribution in [0.1, 0.15) is 82.4 Å². The molecule has 224 valence electrons. The van der Waals surface area contributed by atoms with Crippen molar-refractivity contribution in [2.45, 2.75) is 111 Å². The van der Waals surface area contributed by atoms with Crippen LogP contribution >= 0.6 is 0 Å². The van der Waals surface area contributed by atoms with E-state index >= 15 is 0 Å². The zero-order chi connectivity index (χ0) is 29.4. The highest BCUT2D eigenvalue weighted by Gasteiger charge is 2.77. The number of aliphatic hydroxyl groups excluding tert-OH is 1. The number of ether oxygens (including phenoxy) is 3. The maximum Gasteiger partial charge on any atom is 0.340 e. The van der Waals surface area contributed by atoms with E-state index in [2.05, 4.69) is 31.4 Å². The summed E-state index contributed by atoms with van der Waals surface area (Å²) in [7, 11) is 0. The van der Waals surface area contributed by atoms with E-state index in [1.807, 2.05) is 46.9 Å². The SMILES string of the molecule is CC1=C[C@]23C(O)[C@@H](C=C4COC(C)(C)O[C@H]4[C@]2(O)[C@H]1OC(=O)c1c(C)cn(CC2CC2)c1C)[C@H]1[C@@H](C[C@H]3C)C1(C)C. The second-order valence-electron chi connectivity index (χ2n) is 15.3. The molecule has 0 amide bonds. The highest BCUT2D eigenvalue weighted by Crippen LogP contribution is 2.73. The first-order valence-electron chi connectivity index (χ1n) is 15.6. The molecule has 9 atom stereocenters. The lowest BCUT2D eigenvalue weighted by Gasteiger charge is -2.55. The molecule has 0 aromatic carbocycles. The maximum absolute atomic E-state index is 14.0. The number of esters is 1. The minimum atomic E-state index is -1.70. The van der Waals surface area contributed by atoms with Gasteiger partial charge >= 0.3 is 5.97 Å². The normalized spacial score (nSPS) is 43.5. The van der Waals surface area contributed by atoms with E-state index in [1.54, 1.807) is 0 Å². The Morgan fingerprint density at radius 1 is 1.17 bits per heavy atom. The molecule has 3 saturated carbocycles. The van der Waals surface area contributed by atoms with Crippen molar-refractivity contribution in [3.63, 3.8) is 0 Å². The Labute approximate surface area is 243 Å². The van der Waals surface area contributed by atoms with Gasteiger partial charge in [0.25, 0.3) is 0 Å². The fraction of sp³-hybridized carbons (Fsp3) is 0.735. The van der Waals surface area contributed by atoms with Gasteiger partial charge in [0.15, 0.2) is 11.9 Å². The van der Waals surface area contributed by atoms with Crippen molar-refractivity contribution >= 4 is 5.97 Å². The summed E-state index contributed by atoms with van der Waals surface area (Å²) >= 11 is 0.